The predicted octanol–water partition coefficient (Wildman–Crippen LogP) is -0.179. The minimum atomic E-state index is -0.787. The maximum Gasteiger partial charge on any atom is 0.333 e. The van der Waals surface area contributed by atoms with Crippen molar-refractivity contribution in [2.45, 2.75) is 13.8 Å². The van der Waals surface area contributed by atoms with Crippen LogP contribution in [0.15, 0.2) is 12.1 Å². The van der Waals surface area contributed by atoms with Crippen LogP contribution in [0.25, 0.3) is 0 Å². The van der Waals surface area contributed by atoms with Crippen molar-refractivity contribution < 1.29 is 9.59 Å². The molecule has 8 nitrogen and oxygen atoms in total. The highest BCUT2D eigenvalue weighted by Crippen LogP contribution is 2.28. The van der Waals surface area contributed by atoms with Crippen LogP contribution in [0.4, 0.5) is 21.0 Å². The zero-order valence-corrected chi connectivity index (χ0v) is 10.2. The van der Waals surface area contributed by atoms with Crippen molar-refractivity contribution in [3.63, 3.8) is 0 Å². The number of rotatable bonds is 2. The number of anilines is 2. The van der Waals surface area contributed by atoms with Gasteiger partial charge in [0.15, 0.2) is 0 Å². The van der Waals surface area contributed by atoms with Crippen LogP contribution in [-0.2, 0) is 0 Å². The van der Waals surface area contributed by atoms with Crippen LogP contribution in [0.3, 0.4) is 0 Å². The molecule has 0 atom stereocenters. The van der Waals surface area contributed by atoms with E-state index < -0.39 is 12.1 Å². The highest BCUT2D eigenvalue weighted by atomic mass is 16.2. The van der Waals surface area contributed by atoms with E-state index in [0.717, 1.165) is 10.0 Å². The molecule has 0 fully saturated rings. The molecular weight excluding hydrogens is 236 g/mol. The summed E-state index contributed by atoms with van der Waals surface area (Å²) in [4.78, 5) is 22.0. The lowest BCUT2D eigenvalue weighted by Gasteiger charge is -2.22. The van der Waals surface area contributed by atoms with E-state index in [9.17, 15) is 9.59 Å². The maximum atomic E-state index is 11.0. The summed E-state index contributed by atoms with van der Waals surface area (Å²) in [5.74, 6) is 11.0. The Labute approximate surface area is 104 Å². The van der Waals surface area contributed by atoms with Gasteiger partial charge in [0.1, 0.15) is 0 Å². The van der Waals surface area contributed by atoms with Gasteiger partial charge in [-0.15, -0.1) is 0 Å². The Kier molecular flexibility index (Phi) is 3.74. The van der Waals surface area contributed by atoms with Gasteiger partial charge in [0.2, 0.25) is 0 Å². The Hall–Kier alpha value is -2.32. The third-order valence-corrected chi connectivity index (χ3v) is 2.72. The summed E-state index contributed by atoms with van der Waals surface area (Å²) in [5.41, 5.74) is 12.4. The van der Waals surface area contributed by atoms with Crippen LogP contribution in [0.1, 0.15) is 11.1 Å². The van der Waals surface area contributed by atoms with E-state index in [-0.39, 0.29) is 0 Å². The number of carbonyl (C=O) groups is 2. The molecule has 0 saturated heterocycles. The molecule has 0 aliphatic carbocycles. The van der Waals surface area contributed by atoms with Crippen molar-refractivity contribution in [2.24, 2.45) is 23.2 Å². The molecule has 0 aromatic heterocycles. The molecule has 8 heteroatoms. The zero-order chi connectivity index (χ0) is 14.0. The normalized spacial score (nSPS) is 10.0. The zero-order valence-electron chi connectivity index (χ0n) is 10.2. The first-order valence-corrected chi connectivity index (χ1v) is 5.06. The Morgan fingerprint density at radius 3 is 1.39 bits per heavy atom. The van der Waals surface area contributed by atoms with Crippen LogP contribution in [-0.4, -0.2) is 12.1 Å². The van der Waals surface area contributed by atoms with Gasteiger partial charge >= 0.3 is 12.1 Å². The first-order valence-electron chi connectivity index (χ1n) is 5.06. The van der Waals surface area contributed by atoms with Crippen molar-refractivity contribution >= 4 is 23.4 Å². The van der Waals surface area contributed by atoms with Gasteiger partial charge in [0.25, 0.3) is 0 Å². The smallest absolute Gasteiger partial charge is 0.333 e. The summed E-state index contributed by atoms with van der Waals surface area (Å²) >= 11 is 0. The topological polar surface area (TPSA) is 145 Å². The summed E-state index contributed by atoms with van der Waals surface area (Å²) in [6.45, 7) is 3.46. The van der Waals surface area contributed by atoms with Gasteiger partial charge in [-0.1, -0.05) is 0 Å². The van der Waals surface area contributed by atoms with E-state index in [1.54, 1.807) is 13.8 Å². The molecule has 4 amide bonds. The molecule has 0 unspecified atom stereocenters. The number of hydrazine groups is 2. The van der Waals surface area contributed by atoms with E-state index in [4.69, 9.17) is 23.2 Å². The van der Waals surface area contributed by atoms with Crippen LogP contribution in [0, 0.1) is 13.8 Å². The number of hydrogen-bond donors (Lipinski definition) is 4. The number of benzene rings is 1. The summed E-state index contributed by atoms with van der Waals surface area (Å²) in [6.07, 6.45) is 0. The average Bonchev–Trinajstić information content (AvgIpc) is 2.30. The molecule has 8 N–H and O–H groups in total. The lowest BCUT2D eigenvalue weighted by atomic mass is 10.1. The molecule has 98 valence electrons. The fourth-order valence-corrected chi connectivity index (χ4v) is 1.55. The van der Waals surface area contributed by atoms with Gasteiger partial charge in [-0.3, -0.25) is 0 Å². The second-order valence-electron chi connectivity index (χ2n) is 3.77. The first-order chi connectivity index (χ1) is 8.27. The summed E-state index contributed by atoms with van der Waals surface area (Å²) in [6, 6.07) is 1.49. The molecule has 0 radical (unpaired) electrons. The standard InChI is InChI=1S/C10H16N6O2/c1-5-6(2)8(16(14)10(12)18)4-3-7(5)15(13)9(11)17/h3-4H,13-14H2,1-2H3,(H2,11,17)(H2,12,18). The number of urea groups is 2. The number of hydrogen-bond acceptors (Lipinski definition) is 4. The van der Waals surface area contributed by atoms with Gasteiger partial charge in [-0.2, -0.15) is 0 Å². The van der Waals surface area contributed by atoms with E-state index >= 15 is 0 Å². The molecule has 0 aliphatic heterocycles. The first kappa shape index (κ1) is 13.7. The molecule has 1 aromatic carbocycles. The molecular formula is C10H16N6O2. The molecule has 0 bridgehead atoms. The molecule has 18 heavy (non-hydrogen) atoms. The Morgan fingerprint density at radius 1 is 0.889 bits per heavy atom. The number of carbonyl (C=O) groups excluding carboxylic acids is 2. The Bertz CT molecular complexity index is 456. The van der Waals surface area contributed by atoms with E-state index in [0.29, 0.717) is 22.5 Å². The fraction of sp³-hybridized carbons (Fsp3) is 0.200. The lowest BCUT2D eigenvalue weighted by molar-refractivity contribution is 0.253. The van der Waals surface area contributed by atoms with Crippen molar-refractivity contribution in [2.75, 3.05) is 10.0 Å². The minimum Gasteiger partial charge on any atom is -0.350 e. The number of primary amides is 2. The van der Waals surface area contributed by atoms with E-state index in [2.05, 4.69) is 0 Å². The van der Waals surface area contributed by atoms with Crippen molar-refractivity contribution in [1.82, 2.24) is 0 Å². The molecule has 0 heterocycles. The quantitative estimate of drug-likeness (QED) is 0.328. The van der Waals surface area contributed by atoms with Crippen LogP contribution in [0.2, 0.25) is 0 Å². The summed E-state index contributed by atoms with van der Waals surface area (Å²) in [5, 5.41) is 1.63. The summed E-state index contributed by atoms with van der Waals surface area (Å²) in [7, 11) is 0. The maximum absolute atomic E-state index is 11.0. The Balaban J connectivity index is 3.29. The summed E-state index contributed by atoms with van der Waals surface area (Å²) < 4.78 is 0. The molecule has 1 rings (SSSR count). The van der Waals surface area contributed by atoms with Gasteiger partial charge in [0, 0.05) is 0 Å². The number of amides is 4. The largest absolute Gasteiger partial charge is 0.350 e. The highest BCUT2D eigenvalue weighted by molar-refractivity contribution is 5.93. The van der Waals surface area contributed by atoms with Crippen molar-refractivity contribution in [3.8, 4) is 0 Å². The monoisotopic (exact) mass is 252 g/mol. The predicted molar refractivity (Wildman–Crippen MR) is 68.4 cm³/mol. The van der Waals surface area contributed by atoms with E-state index in [1.165, 1.54) is 12.1 Å². The van der Waals surface area contributed by atoms with Crippen molar-refractivity contribution in [1.29, 1.82) is 0 Å². The fourth-order valence-electron chi connectivity index (χ4n) is 1.55. The molecule has 1 aromatic rings. The second kappa shape index (κ2) is 4.90. The van der Waals surface area contributed by atoms with Crippen LogP contribution >= 0.6 is 0 Å². The van der Waals surface area contributed by atoms with E-state index in [1.807, 2.05) is 0 Å². The molecule has 0 spiro atoms. The molecule has 0 saturated carbocycles. The highest BCUT2D eigenvalue weighted by Gasteiger charge is 2.17. The van der Waals surface area contributed by atoms with Crippen LogP contribution in [0.5, 0.6) is 0 Å². The molecule has 0 aliphatic rings. The Morgan fingerprint density at radius 2 is 1.17 bits per heavy atom. The number of nitrogens with zero attached hydrogens (tertiary/aromatic N) is 2. The third-order valence-electron chi connectivity index (χ3n) is 2.72. The number of nitrogens with two attached hydrogens (primary N) is 4. The van der Waals surface area contributed by atoms with Crippen molar-refractivity contribution in [3.05, 3.63) is 23.3 Å². The van der Waals surface area contributed by atoms with Gasteiger partial charge in [0.05, 0.1) is 11.4 Å². The SMILES string of the molecule is Cc1c(N(N)C(N)=O)ccc(N(N)C(N)=O)c1C. The average molecular weight is 252 g/mol. The van der Waals surface area contributed by atoms with Gasteiger partial charge in [-0.05, 0) is 37.1 Å². The van der Waals surface area contributed by atoms with Gasteiger partial charge < -0.3 is 11.5 Å². The second-order valence-corrected chi connectivity index (χ2v) is 3.77. The lowest BCUT2D eigenvalue weighted by Crippen LogP contribution is -2.43. The van der Waals surface area contributed by atoms with Crippen LogP contribution < -0.4 is 33.2 Å². The van der Waals surface area contributed by atoms with Gasteiger partial charge in [-0.25, -0.2) is 31.3 Å². The minimum absolute atomic E-state index is 0.432. The third kappa shape index (κ3) is 2.34.